The van der Waals surface area contributed by atoms with Crippen molar-refractivity contribution < 1.29 is 31.3 Å². The number of hydrogen-bond donors (Lipinski definition) is 0. The van der Waals surface area contributed by atoms with E-state index >= 15 is 0 Å². The van der Waals surface area contributed by atoms with Crippen LogP contribution in [-0.4, -0.2) is 32.5 Å². The summed E-state index contributed by atoms with van der Waals surface area (Å²) in [5, 5.41) is -0.329. The van der Waals surface area contributed by atoms with Crippen molar-refractivity contribution in [2.75, 3.05) is 13.2 Å². The molecule has 0 fully saturated rings. The Kier molecular flexibility index (Phi) is 7.34. The fourth-order valence-corrected chi connectivity index (χ4v) is 4.25. The summed E-state index contributed by atoms with van der Waals surface area (Å²) < 4.78 is 71.8. The minimum absolute atomic E-state index is 0.147. The first-order chi connectivity index (χ1) is 11.1. The van der Waals surface area contributed by atoms with Gasteiger partial charge in [0.25, 0.3) is 5.91 Å². The van der Waals surface area contributed by atoms with Crippen LogP contribution in [0.3, 0.4) is 0 Å². The van der Waals surface area contributed by atoms with Crippen LogP contribution >= 0.6 is 0 Å². The number of benzene rings is 1. The van der Waals surface area contributed by atoms with Crippen molar-refractivity contribution in [3.05, 3.63) is 34.9 Å². The van der Waals surface area contributed by atoms with Gasteiger partial charge in [0.15, 0.2) is 31.6 Å². The van der Waals surface area contributed by atoms with Gasteiger partial charge in [-0.2, -0.15) is 5.12 Å². The summed E-state index contributed by atoms with van der Waals surface area (Å²) in [5.74, 6) is -9.40. The molecule has 0 unspecified atom stereocenters. The van der Waals surface area contributed by atoms with Crippen molar-refractivity contribution in [2.24, 2.45) is 0 Å². The zero-order valence-electron chi connectivity index (χ0n) is 13.8. The summed E-state index contributed by atoms with van der Waals surface area (Å²) in [4.78, 5) is 11.7. The minimum atomic E-state index is -2.14. The summed E-state index contributed by atoms with van der Waals surface area (Å²) in [6, 6.07) is 0.894. The molecular weight excluding hydrogens is 349 g/mol. The van der Waals surface area contributed by atoms with Crippen LogP contribution in [-0.2, 0) is 4.43 Å². The number of hydrogen-bond acceptors (Lipinski definition) is 2. The smallest absolute Gasteiger partial charge is 0.284 e. The van der Waals surface area contributed by atoms with E-state index in [1.54, 1.807) is 0 Å². The van der Waals surface area contributed by atoms with E-state index in [0.717, 1.165) is 6.04 Å². The molecule has 0 saturated carbocycles. The molecule has 3 nitrogen and oxygen atoms in total. The van der Waals surface area contributed by atoms with Crippen LogP contribution in [0.1, 0.15) is 30.1 Å². The number of nitrogens with zero attached hydrogens (tertiary/aromatic N) is 1. The Morgan fingerprint density at radius 3 is 2.33 bits per heavy atom. The van der Waals surface area contributed by atoms with E-state index in [2.05, 4.69) is 0 Å². The Morgan fingerprint density at radius 1 is 1.12 bits per heavy atom. The summed E-state index contributed by atoms with van der Waals surface area (Å²) in [6.45, 7) is 6.12. The van der Waals surface area contributed by atoms with E-state index < -0.39 is 43.1 Å². The number of unbranched alkanes of at least 4 members (excludes halogenated alkanes) is 1. The van der Waals surface area contributed by atoms with Crippen LogP contribution in [0.2, 0.25) is 19.1 Å². The zero-order chi connectivity index (χ0) is 18.5. The van der Waals surface area contributed by atoms with Crippen molar-refractivity contribution in [2.45, 2.75) is 38.9 Å². The molecule has 1 aromatic rings. The maximum Gasteiger partial charge on any atom is 0.284 e. The number of amides is 1. The van der Waals surface area contributed by atoms with Crippen LogP contribution in [0.25, 0.3) is 0 Å². The molecule has 1 rings (SSSR count). The first-order valence-corrected chi connectivity index (χ1v) is 10.7. The second kappa shape index (κ2) is 8.57. The number of rotatable bonds is 8. The normalized spacial score (nSPS) is 11.7. The van der Waals surface area contributed by atoms with Gasteiger partial charge in [-0.05, 0) is 38.5 Å². The van der Waals surface area contributed by atoms with E-state index in [9.17, 15) is 26.8 Å². The fraction of sp³-hybridized carbons (Fsp3) is 0.533. The molecule has 9 heteroatoms. The van der Waals surface area contributed by atoms with Crippen LogP contribution in [0.5, 0.6) is 0 Å². The van der Waals surface area contributed by atoms with Crippen LogP contribution in [0, 0.1) is 23.3 Å². The average molecular weight is 369 g/mol. The predicted octanol–water partition coefficient (Wildman–Crippen LogP) is 4.59. The molecule has 0 aromatic heterocycles. The second-order valence-electron chi connectivity index (χ2n) is 5.89. The van der Waals surface area contributed by atoms with Crippen molar-refractivity contribution in [3.63, 3.8) is 0 Å². The molecular formula is C15H20F5NO2Si. The molecule has 0 N–H and O–H groups in total. The largest absolute Gasteiger partial charge is 0.418 e. The first-order valence-electron chi connectivity index (χ1n) is 7.55. The highest BCUT2D eigenvalue weighted by Gasteiger charge is 2.27. The SMILES string of the molecule is CCO[Si](C)(C)CCCCN(F)C(=O)c1cc(F)c(F)c(F)c1F. The minimum Gasteiger partial charge on any atom is -0.418 e. The molecule has 136 valence electrons. The highest BCUT2D eigenvalue weighted by atomic mass is 28.4. The Bertz CT molecular complexity index is 598. The van der Waals surface area contributed by atoms with Crippen LogP contribution in [0.4, 0.5) is 22.0 Å². The second-order valence-corrected chi connectivity index (χ2v) is 10.2. The van der Waals surface area contributed by atoms with Gasteiger partial charge >= 0.3 is 0 Å². The lowest BCUT2D eigenvalue weighted by Gasteiger charge is -2.22. The molecule has 0 aliphatic rings. The molecule has 0 heterocycles. The molecule has 0 saturated heterocycles. The maximum atomic E-state index is 13.8. The predicted molar refractivity (Wildman–Crippen MR) is 81.6 cm³/mol. The molecule has 0 radical (unpaired) electrons. The average Bonchev–Trinajstić information content (AvgIpc) is 2.52. The molecule has 0 spiro atoms. The summed E-state index contributed by atoms with van der Waals surface area (Å²) in [7, 11) is -1.82. The molecule has 24 heavy (non-hydrogen) atoms. The summed E-state index contributed by atoms with van der Waals surface area (Å²) in [6.07, 6.45) is 0.862. The van der Waals surface area contributed by atoms with Crippen molar-refractivity contribution in [3.8, 4) is 0 Å². The van der Waals surface area contributed by atoms with Gasteiger partial charge in [0.2, 0.25) is 0 Å². The fourth-order valence-electron chi connectivity index (χ4n) is 2.22. The van der Waals surface area contributed by atoms with E-state index in [4.69, 9.17) is 4.43 Å². The molecule has 1 aromatic carbocycles. The van der Waals surface area contributed by atoms with Crippen molar-refractivity contribution >= 4 is 14.2 Å². The van der Waals surface area contributed by atoms with Gasteiger partial charge in [0, 0.05) is 6.61 Å². The highest BCUT2D eigenvalue weighted by molar-refractivity contribution is 6.71. The van der Waals surface area contributed by atoms with E-state index in [1.807, 2.05) is 20.0 Å². The lowest BCUT2D eigenvalue weighted by atomic mass is 10.1. The Balaban J connectivity index is 2.63. The molecule has 0 atom stereocenters. The maximum absolute atomic E-state index is 13.8. The third kappa shape index (κ3) is 5.27. The lowest BCUT2D eigenvalue weighted by Crippen LogP contribution is -2.30. The van der Waals surface area contributed by atoms with Gasteiger partial charge in [-0.3, -0.25) is 4.79 Å². The standard InChI is InChI=1S/C15H20F5NO2Si/c1-4-23-24(2,3)8-6-5-7-21(20)15(22)10-9-11(16)13(18)14(19)12(10)17/h9H,4-8H2,1-3H3. The van der Waals surface area contributed by atoms with Gasteiger partial charge < -0.3 is 4.43 Å². The third-order valence-corrected chi connectivity index (χ3v) is 6.10. The van der Waals surface area contributed by atoms with E-state index in [1.165, 1.54) is 0 Å². The molecule has 1 amide bonds. The Morgan fingerprint density at radius 2 is 1.75 bits per heavy atom. The number of halogens is 5. The molecule has 0 aliphatic carbocycles. The van der Waals surface area contributed by atoms with Crippen molar-refractivity contribution in [1.29, 1.82) is 0 Å². The van der Waals surface area contributed by atoms with E-state index in [-0.39, 0.29) is 24.2 Å². The Hall–Kier alpha value is -1.48. The lowest BCUT2D eigenvalue weighted by molar-refractivity contribution is 0.0183. The first kappa shape index (κ1) is 20.6. The number of carbonyl (C=O) groups excluding carboxylic acids is 1. The topological polar surface area (TPSA) is 29.5 Å². The monoisotopic (exact) mass is 369 g/mol. The van der Waals surface area contributed by atoms with Crippen molar-refractivity contribution in [1.82, 2.24) is 5.12 Å². The van der Waals surface area contributed by atoms with Gasteiger partial charge in [0.1, 0.15) is 0 Å². The van der Waals surface area contributed by atoms with E-state index in [0.29, 0.717) is 13.0 Å². The van der Waals surface area contributed by atoms with Gasteiger partial charge in [-0.25, -0.2) is 17.6 Å². The van der Waals surface area contributed by atoms with Gasteiger partial charge in [0.05, 0.1) is 12.1 Å². The summed E-state index contributed by atoms with van der Waals surface area (Å²) >= 11 is 0. The molecule has 0 bridgehead atoms. The van der Waals surface area contributed by atoms with Gasteiger partial charge in [-0.15, -0.1) is 0 Å². The summed E-state index contributed by atoms with van der Waals surface area (Å²) in [5.41, 5.74) is -1.18. The highest BCUT2D eigenvalue weighted by Crippen LogP contribution is 2.21. The zero-order valence-corrected chi connectivity index (χ0v) is 14.8. The quantitative estimate of drug-likeness (QED) is 0.167. The number of carbonyl (C=O) groups is 1. The Labute approximate surface area is 138 Å². The third-order valence-electron chi connectivity index (χ3n) is 3.47. The molecule has 0 aliphatic heterocycles. The van der Waals surface area contributed by atoms with Crippen LogP contribution < -0.4 is 0 Å². The van der Waals surface area contributed by atoms with Gasteiger partial charge in [-0.1, -0.05) is 10.9 Å². The van der Waals surface area contributed by atoms with Crippen LogP contribution in [0.15, 0.2) is 6.07 Å².